The van der Waals surface area contributed by atoms with Crippen molar-refractivity contribution in [3.05, 3.63) is 51.7 Å². The fourth-order valence-corrected chi connectivity index (χ4v) is 3.00. The number of benzene rings is 1. The zero-order valence-electron chi connectivity index (χ0n) is 11.7. The Bertz CT molecular complexity index is 501. The summed E-state index contributed by atoms with van der Waals surface area (Å²) in [5.74, 6) is 0.903. The molecule has 0 amide bonds. The van der Waals surface area contributed by atoms with Crippen molar-refractivity contribution in [3.63, 3.8) is 0 Å². The minimum atomic E-state index is -0.0637. The van der Waals surface area contributed by atoms with Crippen molar-refractivity contribution in [2.24, 2.45) is 5.73 Å². The van der Waals surface area contributed by atoms with Gasteiger partial charge in [0.05, 0.1) is 0 Å². The number of hydrogen-bond donors (Lipinski definition) is 1. The third kappa shape index (κ3) is 3.58. The standard InChI is InChI=1S/C16H21NOS/c1-4-14(17)16(15-6-5-7-19-15)18-13-9-11(2)8-12(3)10-13/h5-10,14,16H,4,17H2,1-3H3. The molecule has 102 valence electrons. The molecule has 2 nitrogen and oxygen atoms in total. The van der Waals surface area contributed by atoms with Crippen LogP contribution in [0.4, 0.5) is 0 Å². The summed E-state index contributed by atoms with van der Waals surface area (Å²) < 4.78 is 6.16. The first-order valence-electron chi connectivity index (χ1n) is 6.64. The molecule has 0 bridgehead atoms. The molecule has 1 aromatic carbocycles. The van der Waals surface area contributed by atoms with E-state index in [1.807, 2.05) is 6.07 Å². The molecule has 0 saturated carbocycles. The van der Waals surface area contributed by atoms with Crippen LogP contribution in [-0.2, 0) is 0 Å². The Balaban J connectivity index is 2.25. The molecule has 0 aliphatic rings. The van der Waals surface area contributed by atoms with Gasteiger partial charge in [0.1, 0.15) is 11.9 Å². The van der Waals surface area contributed by atoms with Gasteiger partial charge in [-0.05, 0) is 55.0 Å². The van der Waals surface area contributed by atoms with Gasteiger partial charge in [0.25, 0.3) is 0 Å². The lowest BCUT2D eigenvalue weighted by atomic mass is 10.1. The van der Waals surface area contributed by atoms with E-state index in [4.69, 9.17) is 10.5 Å². The van der Waals surface area contributed by atoms with Crippen LogP contribution in [0.15, 0.2) is 35.7 Å². The van der Waals surface area contributed by atoms with E-state index >= 15 is 0 Å². The van der Waals surface area contributed by atoms with Crippen LogP contribution in [-0.4, -0.2) is 6.04 Å². The molecular weight excluding hydrogens is 254 g/mol. The average Bonchev–Trinajstić information content (AvgIpc) is 2.87. The molecular formula is C16H21NOS. The second-order valence-electron chi connectivity index (χ2n) is 4.95. The zero-order valence-corrected chi connectivity index (χ0v) is 12.5. The minimum Gasteiger partial charge on any atom is -0.483 e. The second-order valence-corrected chi connectivity index (χ2v) is 5.93. The largest absolute Gasteiger partial charge is 0.483 e. The lowest BCUT2D eigenvalue weighted by Gasteiger charge is -2.23. The fraction of sp³-hybridized carbons (Fsp3) is 0.375. The summed E-state index contributed by atoms with van der Waals surface area (Å²) in [6.45, 7) is 6.26. The number of ether oxygens (including phenoxy) is 1. The molecule has 0 fully saturated rings. The van der Waals surface area contributed by atoms with Gasteiger partial charge in [0.2, 0.25) is 0 Å². The predicted molar refractivity (Wildman–Crippen MR) is 81.9 cm³/mol. The number of nitrogens with two attached hydrogens (primary N) is 1. The topological polar surface area (TPSA) is 35.2 Å². The average molecular weight is 275 g/mol. The van der Waals surface area contributed by atoms with Gasteiger partial charge in [-0.1, -0.05) is 19.1 Å². The molecule has 0 radical (unpaired) electrons. The fourth-order valence-electron chi connectivity index (χ4n) is 2.17. The first-order chi connectivity index (χ1) is 9.10. The molecule has 0 spiro atoms. The molecule has 1 heterocycles. The molecule has 2 unspecified atom stereocenters. The van der Waals surface area contributed by atoms with E-state index < -0.39 is 0 Å². The molecule has 19 heavy (non-hydrogen) atoms. The smallest absolute Gasteiger partial charge is 0.148 e. The van der Waals surface area contributed by atoms with E-state index in [0.29, 0.717) is 0 Å². The summed E-state index contributed by atoms with van der Waals surface area (Å²) in [5, 5.41) is 2.07. The van der Waals surface area contributed by atoms with Crippen LogP contribution < -0.4 is 10.5 Å². The Morgan fingerprint density at radius 1 is 1.21 bits per heavy atom. The first kappa shape index (κ1) is 14.1. The highest BCUT2D eigenvalue weighted by Gasteiger charge is 2.21. The molecule has 0 aliphatic carbocycles. The molecule has 1 aromatic heterocycles. The third-order valence-electron chi connectivity index (χ3n) is 3.14. The van der Waals surface area contributed by atoms with Gasteiger partial charge >= 0.3 is 0 Å². The summed E-state index contributed by atoms with van der Waals surface area (Å²) in [6, 6.07) is 10.4. The Morgan fingerprint density at radius 3 is 2.42 bits per heavy atom. The molecule has 0 saturated heterocycles. The second kappa shape index (κ2) is 6.22. The van der Waals surface area contributed by atoms with E-state index in [2.05, 4.69) is 50.4 Å². The van der Waals surface area contributed by atoms with Crippen molar-refractivity contribution in [1.82, 2.24) is 0 Å². The van der Waals surface area contributed by atoms with E-state index in [9.17, 15) is 0 Å². The van der Waals surface area contributed by atoms with Crippen LogP contribution in [0.3, 0.4) is 0 Å². The van der Waals surface area contributed by atoms with Gasteiger partial charge in [0.15, 0.2) is 0 Å². The van der Waals surface area contributed by atoms with Gasteiger partial charge < -0.3 is 10.5 Å². The highest BCUT2D eigenvalue weighted by Crippen LogP contribution is 2.29. The molecule has 3 heteroatoms. The van der Waals surface area contributed by atoms with Gasteiger partial charge in [-0.3, -0.25) is 0 Å². The van der Waals surface area contributed by atoms with Gasteiger partial charge in [-0.25, -0.2) is 0 Å². The monoisotopic (exact) mass is 275 g/mol. The lowest BCUT2D eigenvalue weighted by molar-refractivity contribution is 0.174. The third-order valence-corrected chi connectivity index (χ3v) is 4.08. The van der Waals surface area contributed by atoms with E-state index in [1.54, 1.807) is 11.3 Å². The number of rotatable bonds is 5. The maximum atomic E-state index is 6.21. The number of aryl methyl sites for hydroxylation is 2. The van der Waals surface area contributed by atoms with Crippen LogP contribution in [0.5, 0.6) is 5.75 Å². The summed E-state index contributed by atoms with van der Waals surface area (Å²) in [6.07, 6.45) is 0.832. The maximum absolute atomic E-state index is 6.21. The number of hydrogen-bond acceptors (Lipinski definition) is 3. The SMILES string of the molecule is CCC(N)C(Oc1cc(C)cc(C)c1)c1cccs1. The zero-order chi connectivity index (χ0) is 13.8. The van der Waals surface area contributed by atoms with E-state index in [1.165, 1.54) is 16.0 Å². The molecule has 2 aromatic rings. The van der Waals surface area contributed by atoms with Crippen LogP contribution in [0.25, 0.3) is 0 Å². The van der Waals surface area contributed by atoms with Crippen LogP contribution in [0.1, 0.15) is 35.5 Å². The van der Waals surface area contributed by atoms with Crippen LogP contribution >= 0.6 is 11.3 Å². The van der Waals surface area contributed by atoms with Gasteiger partial charge in [-0.2, -0.15) is 0 Å². The maximum Gasteiger partial charge on any atom is 0.148 e. The normalized spacial score (nSPS) is 14.1. The summed E-state index contributed by atoms with van der Waals surface area (Å²) in [4.78, 5) is 1.19. The predicted octanol–water partition coefficient (Wildman–Crippen LogP) is 4.22. The summed E-state index contributed by atoms with van der Waals surface area (Å²) >= 11 is 1.70. The van der Waals surface area contributed by atoms with Crippen LogP contribution in [0, 0.1) is 13.8 Å². The van der Waals surface area contributed by atoms with Crippen molar-refractivity contribution in [2.75, 3.05) is 0 Å². The summed E-state index contributed by atoms with van der Waals surface area (Å²) in [5.41, 5.74) is 8.64. The molecule has 2 atom stereocenters. The Labute approximate surface area is 119 Å². The Morgan fingerprint density at radius 2 is 1.89 bits per heavy atom. The van der Waals surface area contributed by atoms with E-state index in [0.717, 1.165) is 12.2 Å². The lowest BCUT2D eigenvalue weighted by Crippen LogP contribution is -2.30. The molecule has 2 rings (SSSR count). The number of thiophene rings is 1. The van der Waals surface area contributed by atoms with Crippen molar-refractivity contribution in [2.45, 2.75) is 39.3 Å². The minimum absolute atomic E-state index is 0.0134. The Hall–Kier alpha value is -1.32. The van der Waals surface area contributed by atoms with Crippen LogP contribution in [0.2, 0.25) is 0 Å². The molecule has 2 N–H and O–H groups in total. The van der Waals surface area contributed by atoms with Crippen molar-refractivity contribution >= 4 is 11.3 Å². The molecule has 0 aliphatic heterocycles. The van der Waals surface area contributed by atoms with Crippen molar-refractivity contribution in [3.8, 4) is 5.75 Å². The van der Waals surface area contributed by atoms with Gasteiger partial charge in [0, 0.05) is 10.9 Å². The van der Waals surface area contributed by atoms with E-state index in [-0.39, 0.29) is 12.1 Å². The highest BCUT2D eigenvalue weighted by atomic mass is 32.1. The van der Waals surface area contributed by atoms with Gasteiger partial charge in [-0.15, -0.1) is 11.3 Å². The highest BCUT2D eigenvalue weighted by molar-refractivity contribution is 7.10. The van der Waals surface area contributed by atoms with Crippen molar-refractivity contribution < 1.29 is 4.74 Å². The van der Waals surface area contributed by atoms with Crippen molar-refractivity contribution in [1.29, 1.82) is 0 Å². The Kier molecular flexibility index (Phi) is 4.61. The summed E-state index contributed by atoms with van der Waals surface area (Å²) in [7, 11) is 0. The first-order valence-corrected chi connectivity index (χ1v) is 7.52. The quantitative estimate of drug-likeness (QED) is 0.886.